The Morgan fingerprint density at radius 3 is 2.65 bits per heavy atom. The van der Waals surface area contributed by atoms with Crippen molar-refractivity contribution in [3.63, 3.8) is 0 Å². The van der Waals surface area contributed by atoms with Gasteiger partial charge in [0, 0.05) is 17.0 Å². The van der Waals surface area contributed by atoms with E-state index >= 15 is 0 Å². The summed E-state index contributed by atoms with van der Waals surface area (Å²) >= 11 is 7.27. The first-order valence-corrected chi connectivity index (χ1v) is 6.45. The first-order valence-electron chi connectivity index (χ1n) is 5.19. The zero-order valence-electron chi connectivity index (χ0n) is 9.23. The molecule has 1 aromatic heterocycles. The summed E-state index contributed by atoms with van der Waals surface area (Å²) in [7, 11) is 0. The van der Waals surface area contributed by atoms with Crippen LogP contribution in [0.2, 0.25) is 5.02 Å². The Kier molecular flexibility index (Phi) is 4.02. The van der Waals surface area contributed by atoms with E-state index in [-0.39, 0.29) is 11.1 Å². The van der Waals surface area contributed by atoms with Gasteiger partial charge in [0.15, 0.2) is 0 Å². The van der Waals surface area contributed by atoms with Gasteiger partial charge in [0.05, 0.1) is 10.0 Å². The van der Waals surface area contributed by atoms with Crippen LogP contribution >= 0.6 is 23.4 Å². The summed E-state index contributed by atoms with van der Waals surface area (Å²) in [5.74, 6) is -0.179. The molecule has 2 rings (SSSR count). The van der Waals surface area contributed by atoms with Crippen LogP contribution in [0.5, 0.6) is 0 Å². The van der Waals surface area contributed by atoms with Crippen LogP contribution in [0.3, 0.4) is 0 Å². The molecule has 0 aliphatic carbocycles. The van der Waals surface area contributed by atoms with Crippen LogP contribution in [-0.2, 0) is 0 Å². The summed E-state index contributed by atoms with van der Waals surface area (Å²) in [6, 6.07) is 10.4. The van der Waals surface area contributed by atoms with Crippen LogP contribution in [0, 0.1) is 5.82 Å². The second-order valence-corrected chi connectivity index (χ2v) is 5.39. The summed E-state index contributed by atoms with van der Waals surface area (Å²) in [5, 5.41) is 1.46. The number of pyridine rings is 1. The monoisotopic (exact) mass is 267 g/mol. The van der Waals surface area contributed by atoms with Crippen molar-refractivity contribution in [2.75, 3.05) is 0 Å². The molecule has 17 heavy (non-hydrogen) atoms. The third-order valence-electron chi connectivity index (χ3n) is 2.34. The SMILES string of the molecule is CC(Sc1ccc(Cl)cn1)c1ccccc1F. The molecule has 0 aliphatic rings. The minimum Gasteiger partial charge on any atom is -0.248 e. The van der Waals surface area contributed by atoms with Gasteiger partial charge >= 0.3 is 0 Å². The highest BCUT2D eigenvalue weighted by atomic mass is 35.5. The maximum Gasteiger partial charge on any atom is 0.127 e. The number of thioether (sulfide) groups is 1. The highest BCUT2D eigenvalue weighted by molar-refractivity contribution is 7.99. The second kappa shape index (κ2) is 5.52. The van der Waals surface area contributed by atoms with E-state index in [0.717, 1.165) is 5.03 Å². The van der Waals surface area contributed by atoms with Crippen LogP contribution in [-0.4, -0.2) is 4.98 Å². The Morgan fingerprint density at radius 2 is 2.00 bits per heavy atom. The van der Waals surface area contributed by atoms with Gasteiger partial charge in [-0.15, -0.1) is 0 Å². The molecular formula is C13H11ClFNS. The van der Waals surface area contributed by atoms with E-state index in [0.29, 0.717) is 10.6 Å². The Hall–Kier alpha value is -1.06. The van der Waals surface area contributed by atoms with E-state index in [4.69, 9.17) is 11.6 Å². The number of hydrogen-bond acceptors (Lipinski definition) is 2. The second-order valence-electron chi connectivity index (χ2n) is 3.60. The number of hydrogen-bond donors (Lipinski definition) is 0. The standard InChI is InChI=1S/C13H11ClFNS/c1-9(11-4-2-3-5-12(11)15)17-13-7-6-10(14)8-16-13/h2-9H,1H3. The summed E-state index contributed by atoms with van der Waals surface area (Å²) in [4.78, 5) is 4.18. The first-order chi connectivity index (χ1) is 8.16. The molecule has 0 amide bonds. The molecule has 1 unspecified atom stereocenters. The van der Waals surface area contributed by atoms with Crippen molar-refractivity contribution < 1.29 is 4.39 Å². The van der Waals surface area contributed by atoms with E-state index in [2.05, 4.69) is 4.98 Å². The molecule has 4 heteroatoms. The lowest BCUT2D eigenvalue weighted by atomic mass is 10.1. The molecule has 2 aromatic rings. The number of benzene rings is 1. The lowest BCUT2D eigenvalue weighted by Gasteiger charge is -2.11. The molecule has 0 radical (unpaired) electrons. The van der Waals surface area contributed by atoms with Gasteiger partial charge in [-0.2, -0.15) is 0 Å². The molecule has 1 aromatic carbocycles. The Bertz CT molecular complexity index is 501. The van der Waals surface area contributed by atoms with E-state index in [1.54, 1.807) is 24.4 Å². The molecule has 1 nitrogen and oxygen atoms in total. The van der Waals surface area contributed by atoms with Crippen molar-refractivity contribution >= 4 is 23.4 Å². The van der Waals surface area contributed by atoms with Gasteiger partial charge in [-0.25, -0.2) is 9.37 Å². The molecule has 0 bridgehead atoms. The molecule has 0 fully saturated rings. The van der Waals surface area contributed by atoms with Crippen LogP contribution in [0.4, 0.5) is 4.39 Å². The molecule has 0 spiro atoms. The summed E-state index contributed by atoms with van der Waals surface area (Å²) in [5.41, 5.74) is 0.689. The highest BCUT2D eigenvalue weighted by Gasteiger charge is 2.12. The van der Waals surface area contributed by atoms with E-state index in [1.807, 2.05) is 19.1 Å². The molecule has 1 atom stereocenters. The van der Waals surface area contributed by atoms with Crippen molar-refractivity contribution in [1.29, 1.82) is 0 Å². The Balaban J connectivity index is 2.14. The van der Waals surface area contributed by atoms with Crippen molar-refractivity contribution in [2.24, 2.45) is 0 Å². The van der Waals surface area contributed by atoms with Gasteiger partial charge in [0.2, 0.25) is 0 Å². The number of halogens is 2. The molecule has 0 N–H and O–H groups in total. The molecule has 0 saturated heterocycles. The first kappa shape index (κ1) is 12.4. The smallest absolute Gasteiger partial charge is 0.127 e. The van der Waals surface area contributed by atoms with Crippen molar-refractivity contribution in [3.8, 4) is 0 Å². The number of rotatable bonds is 3. The normalized spacial score (nSPS) is 12.4. The Morgan fingerprint density at radius 1 is 1.24 bits per heavy atom. The number of nitrogens with zero attached hydrogens (tertiary/aromatic N) is 1. The van der Waals surface area contributed by atoms with Crippen molar-refractivity contribution in [3.05, 3.63) is 59.0 Å². The topological polar surface area (TPSA) is 12.9 Å². The molecule has 88 valence electrons. The quantitative estimate of drug-likeness (QED) is 0.746. The highest BCUT2D eigenvalue weighted by Crippen LogP contribution is 2.34. The zero-order valence-corrected chi connectivity index (χ0v) is 10.8. The van der Waals surface area contributed by atoms with Gasteiger partial charge in [0.1, 0.15) is 5.82 Å². The fourth-order valence-electron chi connectivity index (χ4n) is 1.48. The summed E-state index contributed by atoms with van der Waals surface area (Å²) in [6.07, 6.45) is 1.60. The van der Waals surface area contributed by atoms with Crippen LogP contribution in [0.1, 0.15) is 17.7 Å². The average molecular weight is 268 g/mol. The average Bonchev–Trinajstić information content (AvgIpc) is 2.32. The predicted octanol–water partition coefficient (Wildman–Crippen LogP) is 4.73. The van der Waals surface area contributed by atoms with E-state index in [9.17, 15) is 4.39 Å². The lowest BCUT2D eigenvalue weighted by molar-refractivity contribution is 0.611. The van der Waals surface area contributed by atoms with Crippen molar-refractivity contribution in [2.45, 2.75) is 17.2 Å². The maximum absolute atomic E-state index is 13.6. The van der Waals surface area contributed by atoms with Crippen molar-refractivity contribution in [1.82, 2.24) is 4.98 Å². The van der Waals surface area contributed by atoms with Gasteiger partial charge in [0.25, 0.3) is 0 Å². The Labute approximate surface area is 109 Å². The maximum atomic E-state index is 13.6. The zero-order chi connectivity index (χ0) is 12.3. The fourth-order valence-corrected chi connectivity index (χ4v) is 2.53. The van der Waals surface area contributed by atoms with Gasteiger partial charge in [-0.05, 0) is 25.1 Å². The minimum atomic E-state index is -0.179. The number of aromatic nitrogens is 1. The van der Waals surface area contributed by atoms with E-state index in [1.165, 1.54) is 17.8 Å². The van der Waals surface area contributed by atoms with Crippen LogP contribution in [0.15, 0.2) is 47.6 Å². The summed E-state index contributed by atoms with van der Waals surface area (Å²) < 4.78 is 13.6. The van der Waals surface area contributed by atoms with Gasteiger partial charge in [-0.3, -0.25) is 0 Å². The fraction of sp³-hybridized carbons (Fsp3) is 0.154. The van der Waals surface area contributed by atoms with Gasteiger partial charge < -0.3 is 0 Å². The molecule has 0 aliphatic heterocycles. The van der Waals surface area contributed by atoms with Gasteiger partial charge in [-0.1, -0.05) is 41.6 Å². The third-order valence-corrected chi connectivity index (χ3v) is 3.66. The molecule has 1 heterocycles. The van der Waals surface area contributed by atoms with Crippen LogP contribution in [0.25, 0.3) is 0 Å². The molecule has 0 saturated carbocycles. The minimum absolute atomic E-state index is 0.0184. The third kappa shape index (κ3) is 3.20. The van der Waals surface area contributed by atoms with E-state index < -0.39 is 0 Å². The largest absolute Gasteiger partial charge is 0.248 e. The molecular weight excluding hydrogens is 257 g/mol. The lowest BCUT2D eigenvalue weighted by Crippen LogP contribution is -1.93. The van der Waals surface area contributed by atoms with Crippen LogP contribution < -0.4 is 0 Å². The summed E-state index contributed by atoms with van der Waals surface area (Å²) in [6.45, 7) is 1.96. The predicted molar refractivity (Wildman–Crippen MR) is 69.9 cm³/mol.